The van der Waals surface area contributed by atoms with Crippen LogP contribution in [0, 0.1) is 0 Å². The van der Waals surface area contributed by atoms with Gasteiger partial charge in [-0.3, -0.25) is 0 Å². The summed E-state index contributed by atoms with van der Waals surface area (Å²) in [6.07, 6.45) is 6.72. The molecular formula is C9H12N6. The lowest BCUT2D eigenvalue weighted by atomic mass is 10.2. The van der Waals surface area contributed by atoms with Gasteiger partial charge in [-0.15, -0.1) is 10.2 Å². The van der Waals surface area contributed by atoms with E-state index in [-0.39, 0.29) is 0 Å². The highest BCUT2D eigenvalue weighted by atomic mass is 15.4. The van der Waals surface area contributed by atoms with Gasteiger partial charge >= 0.3 is 0 Å². The van der Waals surface area contributed by atoms with Crippen LogP contribution < -0.4 is 0 Å². The SMILES string of the molecule is c1ncn(Cc2nnc3n2CCCC3)n1. The maximum Gasteiger partial charge on any atom is 0.154 e. The Balaban J connectivity index is 1.89. The van der Waals surface area contributed by atoms with Crippen LogP contribution in [0.2, 0.25) is 0 Å². The maximum absolute atomic E-state index is 4.20. The first-order valence-electron chi connectivity index (χ1n) is 5.17. The Morgan fingerprint density at radius 1 is 1.27 bits per heavy atom. The molecule has 0 saturated carbocycles. The Hall–Kier alpha value is -1.72. The Labute approximate surface area is 87.0 Å². The van der Waals surface area contributed by atoms with Crippen LogP contribution in [0.25, 0.3) is 0 Å². The second-order valence-corrected chi connectivity index (χ2v) is 3.73. The second kappa shape index (κ2) is 3.45. The summed E-state index contributed by atoms with van der Waals surface area (Å²) in [6.45, 7) is 1.69. The van der Waals surface area contributed by atoms with Crippen LogP contribution >= 0.6 is 0 Å². The zero-order valence-corrected chi connectivity index (χ0v) is 8.37. The van der Waals surface area contributed by atoms with E-state index in [1.165, 1.54) is 19.2 Å². The first kappa shape index (κ1) is 8.58. The molecule has 1 aliphatic heterocycles. The molecule has 0 unspecified atom stereocenters. The van der Waals surface area contributed by atoms with Gasteiger partial charge in [0, 0.05) is 13.0 Å². The number of nitrogens with zero attached hydrogens (tertiary/aromatic N) is 6. The van der Waals surface area contributed by atoms with E-state index in [0.29, 0.717) is 6.54 Å². The van der Waals surface area contributed by atoms with E-state index in [4.69, 9.17) is 0 Å². The lowest BCUT2D eigenvalue weighted by Gasteiger charge is -2.14. The Morgan fingerprint density at radius 3 is 3.13 bits per heavy atom. The predicted octanol–water partition coefficient (Wildman–Crippen LogP) is 0.254. The van der Waals surface area contributed by atoms with Crippen molar-refractivity contribution in [2.45, 2.75) is 32.4 Å². The van der Waals surface area contributed by atoms with Crippen molar-refractivity contribution in [1.29, 1.82) is 0 Å². The van der Waals surface area contributed by atoms with E-state index >= 15 is 0 Å². The van der Waals surface area contributed by atoms with Gasteiger partial charge in [-0.05, 0) is 12.8 Å². The molecule has 3 rings (SSSR count). The fourth-order valence-electron chi connectivity index (χ4n) is 1.94. The zero-order valence-electron chi connectivity index (χ0n) is 8.37. The highest BCUT2D eigenvalue weighted by Gasteiger charge is 2.15. The topological polar surface area (TPSA) is 61.4 Å². The van der Waals surface area contributed by atoms with E-state index in [9.17, 15) is 0 Å². The predicted molar refractivity (Wildman–Crippen MR) is 52.1 cm³/mol. The minimum absolute atomic E-state index is 0.660. The lowest BCUT2D eigenvalue weighted by molar-refractivity contribution is 0.495. The third-order valence-electron chi connectivity index (χ3n) is 2.71. The lowest BCUT2D eigenvalue weighted by Crippen LogP contribution is -2.15. The van der Waals surface area contributed by atoms with Crippen molar-refractivity contribution in [3.8, 4) is 0 Å². The summed E-state index contributed by atoms with van der Waals surface area (Å²) in [5.41, 5.74) is 0. The molecule has 0 spiro atoms. The van der Waals surface area contributed by atoms with Gasteiger partial charge in [0.2, 0.25) is 0 Å². The van der Waals surface area contributed by atoms with E-state index < -0.39 is 0 Å². The van der Waals surface area contributed by atoms with Gasteiger partial charge in [-0.2, -0.15) is 5.10 Å². The maximum atomic E-state index is 4.20. The molecule has 0 bridgehead atoms. The average Bonchev–Trinajstić information content (AvgIpc) is 2.89. The Kier molecular flexibility index (Phi) is 1.97. The number of fused-ring (bicyclic) bond motifs is 1. The normalized spacial score (nSPS) is 15.2. The average molecular weight is 204 g/mol. The monoisotopic (exact) mass is 204 g/mol. The van der Waals surface area contributed by atoms with E-state index in [2.05, 4.69) is 24.8 Å². The molecule has 3 heterocycles. The largest absolute Gasteiger partial charge is 0.313 e. The summed E-state index contributed by atoms with van der Waals surface area (Å²) in [4.78, 5) is 3.91. The van der Waals surface area contributed by atoms with Crippen molar-refractivity contribution in [2.75, 3.05) is 0 Å². The summed E-state index contributed by atoms with van der Waals surface area (Å²) in [5.74, 6) is 2.09. The Morgan fingerprint density at radius 2 is 2.27 bits per heavy atom. The molecule has 0 aromatic carbocycles. The van der Waals surface area contributed by atoms with Crippen molar-refractivity contribution in [3.05, 3.63) is 24.3 Å². The molecule has 2 aromatic heterocycles. The van der Waals surface area contributed by atoms with Crippen LogP contribution in [0.4, 0.5) is 0 Å². The minimum atomic E-state index is 0.660. The highest BCUT2D eigenvalue weighted by Crippen LogP contribution is 2.14. The van der Waals surface area contributed by atoms with Crippen molar-refractivity contribution >= 4 is 0 Å². The van der Waals surface area contributed by atoms with Gasteiger partial charge < -0.3 is 4.57 Å². The van der Waals surface area contributed by atoms with Crippen molar-refractivity contribution in [2.24, 2.45) is 0 Å². The Bertz CT molecular complexity index is 443. The summed E-state index contributed by atoms with van der Waals surface area (Å²) >= 11 is 0. The smallest absolute Gasteiger partial charge is 0.154 e. The molecule has 1 aliphatic rings. The van der Waals surface area contributed by atoms with E-state index in [1.807, 2.05) is 0 Å². The number of aromatic nitrogens is 6. The van der Waals surface area contributed by atoms with Gasteiger partial charge in [0.15, 0.2) is 5.82 Å². The van der Waals surface area contributed by atoms with Crippen molar-refractivity contribution in [1.82, 2.24) is 29.5 Å². The fourth-order valence-corrected chi connectivity index (χ4v) is 1.94. The molecule has 6 heteroatoms. The van der Waals surface area contributed by atoms with Crippen LogP contribution in [-0.2, 0) is 19.5 Å². The van der Waals surface area contributed by atoms with Crippen LogP contribution in [0.15, 0.2) is 12.7 Å². The summed E-state index contributed by atoms with van der Waals surface area (Å²) in [7, 11) is 0. The molecular weight excluding hydrogens is 192 g/mol. The second-order valence-electron chi connectivity index (χ2n) is 3.73. The van der Waals surface area contributed by atoms with Gasteiger partial charge in [0.1, 0.15) is 25.0 Å². The highest BCUT2D eigenvalue weighted by molar-refractivity contribution is 4.98. The summed E-state index contributed by atoms with van der Waals surface area (Å²) < 4.78 is 3.97. The molecule has 2 aromatic rings. The third kappa shape index (κ3) is 1.51. The standard InChI is InChI=1S/C9H12N6/c1-2-4-15-8(3-1)12-13-9(15)5-14-7-10-6-11-14/h6-7H,1-5H2. The van der Waals surface area contributed by atoms with Gasteiger partial charge in [0.05, 0.1) is 0 Å². The molecule has 0 atom stereocenters. The van der Waals surface area contributed by atoms with Crippen molar-refractivity contribution < 1.29 is 0 Å². The van der Waals surface area contributed by atoms with Crippen LogP contribution in [0.1, 0.15) is 24.5 Å². The third-order valence-corrected chi connectivity index (χ3v) is 2.71. The molecule has 0 aliphatic carbocycles. The number of aryl methyl sites for hydroxylation is 1. The van der Waals surface area contributed by atoms with Crippen LogP contribution in [0.5, 0.6) is 0 Å². The van der Waals surface area contributed by atoms with Gasteiger partial charge in [-0.1, -0.05) is 0 Å². The molecule has 78 valence electrons. The molecule has 0 saturated heterocycles. The first-order chi connectivity index (χ1) is 7.43. The minimum Gasteiger partial charge on any atom is -0.313 e. The summed E-state index contributed by atoms with van der Waals surface area (Å²) in [5, 5.41) is 12.5. The van der Waals surface area contributed by atoms with Crippen molar-refractivity contribution in [3.63, 3.8) is 0 Å². The number of rotatable bonds is 2. The van der Waals surface area contributed by atoms with Gasteiger partial charge in [0.25, 0.3) is 0 Å². The van der Waals surface area contributed by atoms with E-state index in [1.54, 1.807) is 11.0 Å². The number of hydrogen-bond acceptors (Lipinski definition) is 4. The molecule has 0 radical (unpaired) electrons. The number of hydrogen-bond donors (Lipinski definition) is 0. The molecule has 0 amide bonds. The van der Waals surface area contributed by atoms with Crippen LogP contribution in [0.3, 0.4) is 0 Å². The molecule has 6 nitrogen and oxygen atoms in total. The van der Waals surface area contributed by atoms with Gasteiger partial charge in [-0.25, -0.2) is 9.67 Å². The zero-order chi connectivity index (χ0) is 10.1. The van der Waals surface area contributed by atoms with Crippen LogP contribution in [-0.4, -0.2) is 29.5 Å². The molecule has 15 heavy (non-hydrogen) atoms. The molecule has 0 fully saturated rings. The summed E-state index contributed by atoms with van der Waals surface area (Å²) in [6, 6.07) is 0. The molecule has 0 N–H and O–H groups in total. The van der Waals surface area contributed by atoms with E-state index in [0.717, 1.165) is 24.6 Å². The fraction of sp³-hybridized carbons (Fsp3) is 0.556. The first-order valence-corrected chi connectivity index (χ1v) is 5.17. The quantitative estimate of drug-likeness (QED) is 0.703.